The fraction of sp³-hybridized carbons (Fsp3) is 0.538. The predicted molar refractivity (Wildman–Crippen MR) is 70.1 cm³/mol. The lowest BCUT2D eigenvalue weighted by molar-refractivity contribution is 0.112. The van der Waals surface area contributed by atoms with Crippen molar-refractivity contribution in [3.05, 3.63) is 34.9 Å². The summed E-state index contributed by atoms with van der Waals surface area (Å²) < 4.78 is 0. The molecule has 0 radical (unpaired) electrons. The topological polar surface area (TPSA) is 66.5 Å². The van der Waals surface area contributed by atoms with Gasteiger partial charge in [-0.05, 0) is 37.0 Å². The van der Waals surface area contributed by atoms with E-state index in [0.717, 1.165) is 24.3 Å². The molecule has 3 nitrogen and oxygen atoms in total. The van der Waals surface area contributed by atoms with Gasteiger partial charge >= 0.3 is 0 Å². The number of aliphatic hydroxyl groups is 2. The molecule has 0 atom stereocenters. The Morgan fingerprint density at radius 2 is 1.65 bits per heavy atom. The van der Waals surface area contributed by atoms with Gasteiger partial charge in [-0.15, -0.1) is 0 Å². The minimum absolute atomic E-state index is 0.176. The molecule has 0 aromatic heterocycles. The maximum Gasteiger partial charge on any atom is 0.0633 e. The van der Waals surface area contributed by atoms with Gasteiger partial charge < -0.3 is 15.9 Å². The highest BCUT2D eigenvalue weighted by molar-refractivity contribution is 6.30. The third-order valence-corrected chi connectivity index (χ3v) is 3.19. The Bertz CT molecular complexity index is 323. The summed E-state index contributed by atoms with van der Waals surface area (Å²) in [5.74, 6) is 0. The number of rotatable bonds is 7. The molecule has 0 saturated heterocycles. The van der Waals surface area contributed by atoms with Crippen LogP contribution in [0.15, 0.2) is 24.3 Å². The first-order valence-electron chi connectivity index (χ1n) is 5.85. The molecular formula is C13H20ClNO2. The van der Waals surface area contributed by atoms with Crippen LogP contribution in [0, 0.1) is 0 Å². The van der Waals surface area contributed by atoms with Gasteiger partial charge in [-0.25, -0.2) is 0 Å². The Balaban J connectivity index is 2.26. The molecule has 0 saturated carbocycles. The summed E-state index contributed by atoms with van der Waals surface area (Å²) in [5.41, 5.74) is 6.19. The van der Waals surface area contributed by atoms with E-state index in [0.29, 0.717) is 6.42 Å². The lowest BCUT2D eigenvalue weighted by atomic mass is 9.94. The molecule has 4 N–H and O–H groups in total. The lowest BCUT2D eigenvalue weighted by Gasteiger charge is -2.24. The van der Waals surface area contributed by atoms with Crippen LogP contribution in [0.25, 0.3) is 0 Å². The van der Waals surface area contributed by atoms with Crippen molar-refractivity contribution < 1.29 is 10.2 Å². The highest BCUT2D eigenvalue weighted by Crippen LogP contribution is 2.15. The summed E-state index contributed by atoms with van der Waals surface area (Å²) in [6.45, 7) is -0.352. The summed E-state index contributed by atoms with van der Waals surface area (Å²) in [7, 11) is 0. The number of halogens is 1. The number of hydrogen-bond donors (Lipinski definition) is 3. The van der Waals surface area contributed by atoms with Gasteiger partial charge in [0, 0.05) is 5.02 Å². The van der Waals surface area contributed by atoms with E-state index in [-0.39, 0.29) is 13.2 Å². The predicted octanol–water partition coefficient (Wildman–Crippen LogP) is 1.73. The summed E-state index contributed by atoms with van der Waals surface area (Å²) in [4.78, 5) is 0. The smallest absolute Gasteiger partial charge is 0.0633 e. The van der Waals surface area contributed by atoms with Crippen molar-refractivity contribution in [1.29, 1.82) is 0 Å². The first-order chi connectivity index (χ1) is 8.09. The van der Waals surface area contributed by atoms with Gasteiger partial charge in [0.15, 0.2) is 0 Å². The highest BCUT2D eigenvalue weighted by atomic mass is 35.5. The number of benzene rings is 1. The zero-order valence-corrected chi connectivity index (χ0v) is 10.7. The monoisotopic (exact) mass is 257 g/mol. The molecule has 0 aliphatic heterocycles. The van der Waals surface area contributed by atoms with Gasteiger partial charge in [0.1, 0.15) is 0 Å². The average Bonchev–Trinajstić information content (AvgIpc) is 2.36. The van der Waals surface area contributed by atoms with Crippen molar-refractivity contribution in [1.82, 2.24) is 0 Å². The summed E-state index contributed by atoms with van der Waals surface area (Å²) in [6, 6.07) is 7.78. The number of hydrogen-bond acceptors (Lipinski definition) is 3. The van der Waals surface area contributed by atoms with Crippen LogP contribution < -0.4 is 5.73 Å². The van der Waals surface area contributed by atoms with Crippen LogP contribution in [0.4, 0.5) is 0 Å². The van der Waals surface area contributed by atoms with Crippen molar-refractivity contribution in [2.75, 3.05) is 13.2 Å². The van der Waals surface area contributed by atoms with Crippen molar-refractivity contribution in [2.45, 2.75) is 31.2 Å². The first-order valence-corrected chi connectivity index (χ1v) is 6.22. The minimum atomic E-state index is -0.833. The van der Waals surface area contributed by atoms with E-state index in [4.69, 9.17) is 27.5 Å². The van der Waals surface area contributed by atoms with Crippen LogP contribution in [0.2, 0.25) is 5.02 Å². The van der Waals surface area contributed by atoms with E-state index >= 15 is 0 Å². The van der Waals surface area contributed by atoms with E-state index in [1.807, 2.05) is 24.3 Å². The van der Waals surface area contributed by atoms with E-state index < -0.39 is 5.54 Å². The third kappa shape index (κ3) is 5.04. The van der Waals surface area contributed by atoms with Gasteiger partial charge in [0.05, 0.1) is 18.8 Å². The zero-order chi connectivity index (χ0) is 12.7. The molecule has 0 heterocycles. The van der Waals surface area contributed by atoms with E-state index in [1.54, 1.807) is 0 Å². The van der Waals surface area contributed by atoms with Gasteiger partial charge in [0.25, 0.3) is 0 Å². The van der Waals surface area contributed by atoms with E-state index in [1.165, 1.54) is 5.56 Å². The van der Waals surface area contributed by atoms with Crippen LogP contribution in [0.1, 0.15) is 24.8 Å². The molecule has 0 spiro atoms. The Kier molecular flexibility index (Phi) is 5.92. The van der Waals surface area contributed by atoms with Gasteiger partial charge in [-0.2, -0.15) is 0 Å². The molecule has 0 bridgehead atoms. The van der Waals surface area contributed by atoms with Crippen molar-refractivity contribution in [2.24, 2.45) is 5.73 Å². The molecule has 0 aliphatic carbocycles. The Morgan fingerprint density at radius 1 is 1.06 bits per heavy atom. The number of aliphatic hydroxyl groups excluding tert-OH is 2. The van der Waals surface area contributed by atoms with Crippen LogP contribution in [0.5, 0.6) is 0 Å². The maximum atomic E-state index is 9.03. The lowest BCUT2D eigenvalue weighted by Crippen LogP contribution is -2.47. The first kappa shape index (κ1) is 14.5. The average molecular weight is 258 g/mol. The summed E-state index contributed by atoms with van der Waals surface area (Å²) >= 11 is 5.80. The molecule has 1 rings (SSSR count). The molecule has 4 heteroatoms. The highest BCUT2D eigenvalue weighted by Gasteiger charge is 2.21. The fourth-order valence-corrected chi connectivity index (χ4v) is 1.79. The van der Waals surface area contributed by atoms with Gasteiger partial charge in [0.2, 0.25) is 0 Å². The van der Waals surface area contributed by atoms with Crippen molar-refractivity contribution >= 4 is 11.6 Å². The maximum absolute atomic E-state index is 9.03. The van der Waals surface area contributed by atoms with Crippen LogP contribution in [-0.4, -0.2) is 29.0 Å². The second kappa shape index (κ2) is 6.97. The van der Waals surface area contributed by atoms with Gasteiger partial charge in [-0.3, -0.25) is 0 Å². The Morgan fingerprint density at radius 3 is 2.18 bits per heavy atom. The van der Waals surface area contributed by atoms with Crippen molar-refractivity contribution in [3.8, 4) is 0 Å². The van der Waals surface area contributed by atoms with Crippen LogP contribution in [0.3, 0.4) is 0 Å². The normalized spacial score (nSPS) is 11.8. The molecule has 1 aromatic rings. The number of aryl methyl sites for hydroxylation is 1. The molecule has 0 amide bonds. The largest absolute Gasteiger partial charge is 0.394 e. The molecule has 0 unspecified atom stereocenters. The summed E-state index contributed by atoms with van der Waals surface area (Å²) in [5, 5.41) is 18.8. The van der Waals surface area contributed by atoms with Crippen molar-refractivity contribution in [3.63, 3.8) is 0 Å². The van der Waals surface area contributed by atoms with E-state index in [9.17, 15) is 0 Å². The molecule has 17 heavy (non-hydrogen) atoms. The zero-order valence-electron chi connectivity index (χ0n) is 9.90. The van der Waals surface area contributed by atoms with Crippen LogP contribution >= 0.6 is 11.6 Å². The number of unbranched alkanes of at least 4 members (excludes halogenated alkanes) is 1. The van der Waals surface area contributed by atoms with E-state index in [2.05, 4.69) is 0 Å². The fourth-order valence-electron chi connectivity index (χ4n) is 1.67. The molecule has 1 aromatic carbocycles. The molecule has 0 aliphatic rings. The Labute approximate surface area is 107 Å². The quantitative estimate of drug-likeness (QED) is 0.652. The SMILES string of the molecule is NC(CO)(CO)CCCCc1ccc(Cl)cc1. The molecule has 96 valence electrons. The third-order valence-electron chi connectivity index (χ3n) is 2.93. The van der Waals surface area contributed by atoms with Crippen LogP contribution in [-0.2, 0) is 6.42 Å². The minimum Gasteiger partial charge on any atom is -0.394 e. The number of nitrogens with two attached hydrogens (primary N) is 1. The molecular weight excluding hydrogens is 238 g/mol. The molecule has 0 fully saturated rings. The Hall–Kier alpha value is -0.610. The summed E-state index contributed by atoms with van der Waals surface area (Å²) in [6.07, 6.45) is 3.47. The van der Waals surface area contributed by atoms with Gasteiger partial charge in [-0.1, -0.05) is 30.2 Å². The second-order valence-corrected chi connectivity index (χ2v) is 4.95. The standard InChI is InChI=1S/C13H20ClNO2/c14-12-6-4-11(5-7-12)3-1-2-8-13(15,9-16)10-17/h4-7,16-17H,1-3,8-10,15H2. The second-order valence-electron chi connectivity index (χ2n) is 4.51.